The van der Waals surface area contributed by atoms with Crippen LogP contribution in [0, 0.1) is 0 Å². The quantitative estimate of drug-likeness (QED) is 0.712. The lowest BCUT2D eigenvalue weighted by Gasteiger charge is -2.26. The smallest absolute Gasteiger partial charge is 0.319 e. The van der Waals surface area contributed by atoms with Crippen molar-refractivity contribution < 1.29 is 9.53 Å². The van der Waals surface area contributed by atoms with E-state index in [1.54, 1.807) is 0 Å². The third kappa shape index (κ3) is 4.82. The molecule has 1 atom stereocenters. The van der Waals surface area contributed by atoms with Crippen LogP contribution < -0.4 is 5.32 Å². The van der Waals surface area contributed by atoms with Crippen LogP contribution in [0.4, 0.5) is 0 Å². The van der Waals surface area contributed by atoms with Gasteiger partial charge in [-0.05, 0) is 25.9 Å². The molecular weight excluding hydrogens is 216 g/mol. The summed E-state index contributed by atoms with van der Waals surface area (Å²) in [5.41, 5.74) is 0. The standard InChI is InChI=1S/C10H20N2O2.ClH/c1-3-6-12(8-10(13)14-2)9-4-5-11-7-9;/h9,11H,3-8H2,1-2H3;1H. The van der Waals surface area contributed by atoms with E-state index < -0.39 is 0 Å². The summed E-state index contributed by atoms with van der Waals surface area (Å²) < 4.78 is 4.69. The lowest BCUT2D eigenvalue weighted by atomic mass is 10.2. The van der Waals surface area contributed by atoms with Crippen LogP contribution in [0.5, 0.6) is 0 Å². The highest BCUT2D eigenvalue weighted by Crippen LogP contribution is 2.08. The fourth-order valence-electron chi connectivity index (χ4n) is 1.86. The number of methoxy groups -OCH3 is 1. The molecule has 0 radical (unpaired) electrons. The number of ether oxygens (including phenoxy) is 1. The minimum absolute atomic E-state index is 0. The molecule has 15 heavy (non-hydrogen) atoms. The van der Waals surface area contributed by atoms with Crippen LogP contribution >= 0.6 is 12.4 Å². The molecule has 0 aromatic rings. The molecule has 1 unspecified atom stereocenters. The van der Waals surface area contributed by atoms with E-state index in [2.05, 4.69) is 21.9 Å². The van der Waals surface area contributed by atoms with Gasteiger partial charge in [-0.1, -0.05) is 6.92 Å². The van der Waals surface area contributed by atoms with Gasteiger partial charge in [-0.2, -0.15) is 0 Å². The molecule has 1 aliphatic rings. The first-order chi connectivity index (χ1) is 6.77. The molecule has 0 aliphatic carbocycles. The van der Waals surface area contributed by atoms with E-state index >= 15 is 0 Å². The Balaban J connectivity index is 0.00000196. The first kappa shape index (κ1) is 14.7. The number of esters is 1. The van der Waals surface area contributed by atoms with E-state index in [0.29, 0.717) is 12.6 Å². The van der Waals surface area contributed by atoms with Crippen molar-refractivity contribution in [1.29, 1.82) is 0 Å². The Morgan fingerprint density at radius 3 is 2.80 bits per heavy atom. The summed E-state index contributed by atoms with van der Waals surface area (Å²) in [6.07, 6.45) is 2.21. The van der Waals surface area contributed by atoms with Crippen LogP contribution in [-0.4, -0.2) is 50.2 Å². The molecule has 1 saturated heterocycles. The Bertz CT molecular complexity index is 184. The third-order valence-corrected chi connectivity index (χ3v) is 2.62. The fourth-order valence-corrected chi connectivity index (χ4v) is 1.86. The van der Waals surface area contributed by atoms with Crippen LogP contribution in [0.2, 0.25) is 0 Å². The van der Waals surface area contributed by atoms with Gasteiger partial charge in [-0.25, -0.2) is 0 Å². The zero-order valence-electron chi connectivity index (χ0n) is 9.49. The molecule has 90 valence electrons. The second kappa shape index (κ2) is 7.91. The minimum atomic E-state index is -0.134. The average molecular weight is 237 g/mol. The van der Waals surface area contributed by atoms with E-state index in [-0.39, 0.29) is 18.4 Å². The molecule has 4 nitrogen and oxygen atoms in total. The maximum atomic E-state index is 11.2. The van der Waals surface area contributed by atoms with E-state index in [1.165, 1.54) is 7.11 Å². The Labute approximate surface area is 97.8 Å². The predicted molar refractivity (Wildman–Crippen MR) is 62.4 cm³/mol. The summed E-state index contributed by atoms with van der Waals surface area (Å²) in [6, 6.07) is 0.508. The number of carbonyl (C=O) groups excluding carboxylic acids is 1. The van der Waals surface area contributed by atoms with Crippen LogP contribution in [0.15, 0.2) is 0 Å². The van der Waals surface area contributed by atoms with Crippen LogP contribution in [-0.2, 0) is 9.53 Å². The molecule has 5 heteroatoms. The van der Waals surface area contributed by atoms with Crippen molar-refractivity contribution in [1.82, 2.24) is 10.2 Å². The summed E-state index contributed by atoms with van der Waals surface area (Å²) in [6.45, 7) is 5.59. The van der Waals surface area contributed by atoms with Crippen molar-refractivity contribution >= 4 is 18.4 Å². The zero-order valence-corrected chi connectivity index (χ0v) is 10.3. The van der Waals surface area contributed by atoms with Gasteiger partial charge in [-0.3, -0.25) is 9.69 Å². The Morgan fingerprint density at radius 1 is 1.60 bits per heavy atom. The molecule has 0 aromatic carbocycles. The normalized spacial score (nSPS) is 20.1. The van der Waals surface area contributed by atoms with Crippen molar-refractivity contribution in [3.8, 4) is 0 Å². The molecule has 1 aliphatic heterocycles. The first-order valence-electron chi connectivity index (χ1n) is 5.29. The van der Waals surface area contributed by atoms with E-state index in [0.717, 1.165) is 32.5 Å². The van der Waals surface area contributed by atoms with Gasteiger partial charge in [-0.15, -0.1) is 12.4 Å². The fraction of sp³-hybridized carbons (Fsp3) is 0.900. The predicted octanol–water partition coefficient (Wildman–Crippen LogP) is 0.655. The zero-order chi connectivity index (χ0) is 10.4. The van der Waals surface area contributed by atoms with Gasteiger partial charge in [0.05, 0.1) is 13.7 Å². The highest BCUT2D eigenvalue weighted by molar-refractivity contribution is 5.85. The minimum Gasteiger partial charge on any atom is -0.468 e. The van der Waals surface area contributed by atoms with Gasteiger partial charge >= 0.3 is 5.97 Å². The Morgan fingerprint density at radius 2 is 2.33 bits per heavy atom. The molecule has 0 saturated carbocycles. The van der Waals surface area contributed by atoms with E-state index in [4.69, 9.17) is 0 Å². The maximum absolute atomic E-state index is 11.2. The molecule has 0 spiro atoms. The SMILES string of the molecule is CCCN(CC(=O)OC)C1CCNC1.Cl. The number of hydrogen-bond donors (Lipinski definition) is 1. The summed E-state index contributed by atoms with van der Waals surface area (Å²) in [5, 5.41) is 3.31. The second-order valence-corrected chi connectivity index (χ2v) is 3.69. The Hall–Kier alpha value is -0.320. The van der Waals surface area contributed by atoms with E-state index in [1.807, 2.05) is 0 Å². The number of nitrogens with one attached hydrogen (secondary N) is 1. The summed E-state index contributed by atoms with van der Waals surface area (Å²) in [4.78, 5) is 13.4. The summed E-state index contributed by atoms with van der Waals surface area (Å²) in [7, 11) is 1.44. The van der Waals surface area contributed by atoms with Gasteiger partial charge in [0.25, 0.3) is 0 Å². The Kier molecular flexibility index (Phi) is 7.74. The van der Waals surface area contributed by atoms with Gasteiger partial charge in [0.2, 0.25) is 0 Å². The molecule has 0 aromatic heterocycles. The van der Waals surface area contributed by atoms with Crippen LogP contribution in [0.25, 0.3) is 0 Å². The molecule has 1 rings (SSSR count). The van der Waals surface area contributed by atoms with Gasteiger partial charge in [0, 0.05) is 12.6 Å². The summed E-state index contributed by atoms with van der Waals surface area (Å²) >= 11 is 0. The number of nitrogens with zero attached hydrogens (tertiary/aromatic N) is 1. The average Bonchev–Trinajstić information content (AvgIpc) is 2.69. The lowest BCUT2D eigenvalue weighted by molar-refractivity contribution is -0.142. The number of rotatable bonds is 5. The molecular formula is C10H21ClN2O2. The second-order valence-electron chi connectivity index (χ2n) is 3.69. The number of hydrogen-bond acceptors (Lipinski definition) is 4. The monoisotopic (exact) mass is 236 g/mol. The topological polar surface area (TPSA) is 41.6 Å². The maximum Gasteiger partial charge on any atom is 0.319 e. The van der Waals surface area contributed by atoms with Crippen molar-refractivity contribution in [2.45, 2.75) is 25.8 Å². The van der Waals surface area contributed by atoms with Crippen molar-refractivity contribution in [3.05, 3.63) is 0 Å². The van der Waals surface area contributed by atoms with Crippen molar-refractivity contribution in [2.24, 2.45) is 0 Å². The highest BCUT2D eigenvalue weighted by Gasteiger charge is 2.23. The largest absolute Gasteiger partial charge is 0.468 e. The van der Waals surface area contributed by atoms with Gasteiger partial charge < -0.3 is 10.1 Å². The highest BCUT2D eigenvalue weighted by atomic mass is 35.5. The van der Waals surface area contributed by atoms with Gasteiger partial charge in [0.1, 0.15) is 0 Å². The lowest BCUT2D eigenvalue weighted by Crippen LogP contribution is -2.41. The van der Waals surface area contributed by atoms with E-state index in [9.17, 15) is 4.79 Å². The molecule has 1 fully saturated rings. The third-order valence-electron chi connectivity index (χ3n) is 2.62. The summed E-state index contributed by atoms with van der Waals surface area (Å²) in [5.74, 6) is -0.134. The van der Waals surface area contributed by atoms with Crippen molar-refractivity contribution in [3.63, 3.8) is 0 Å². The molecule has 1 heterocycles. The first-order valence-corrected chi connectivity index (χ1v) is 5.29. The number of halogens is 1. The number of carbonyl (C=O) groups is 1. The van der Waals surface area contributed by atoms with Crippen LogP contribution in [0.3, 0.4) is 0 Å². The molecule has 0 amide bonds. The van der Waals surface area contributed by atoms with Crippen LogP contribution in [0.1, 0.15) is 19.8 Å². The van der Waals surface area contributed by atoms with Gasteiger partial charge in [0.15, 0.2) is 0 Å². The molecule has 0 bridgehead atoms. The molecule has 1 N–H and O–H groups in total. The van der Waals surface area contributed by atoms with Crippen molar-refractivity contribution in [2.75, 3.05) is 33.3 Å².